The Morgan fingerprint density at radius 1 is 1.07 bits per heavy atom. The highest BCUT2D eigenvalue weighted by Crippen LogP contribution is 2.22. The van der Waals surface area contributed by atoms with Gasteiger partial charge in [0.05, 0.1) is 22.0 Å². The third kappa shape index (κ3) is 3.98. The Bertz CT molecular complexity index is 1160. The lowest BCUT2D eigenvalue weighted by molar-refractivity contribution is -0.126. The van der Waals surface area contributed by atoms with Crippen molar-refractivity contribution in [1.29, 1.82) is 0 Å². The summed E-state index contributed by atoms with van der Waals surface area (Å²) in [6, 6.07) is 4.20. The second-order valence-electron chi connectivity index (χ2n) is 7.51. The van der Waals surface area contributed by atoms with Crippen LogP contribution in [0.25, 0.3) is 11.0 Å². The molecule has 1 aromatic heterocycles. The third-order valence-corrected chi connectivity index (χ3v) is 7.35. The van der Waals surface area contributed by atoms with E-state index in [0.717, 1.165) is 12.8 Å². The lowest BCUT2D eigenvalue weighted by Gasteiger charge is -2.36. The molecule has 3 N–H and O–H groups in total. The molecule has 0 radical (unpaired) electrons. The van der Waals surface area contributed by atoms with E-state index in [1.165, 1.54) is 22.5 Å². The highest BCUT2D eigenvalue weighted by molar-refractivity contribution is 7.89. The molecule has 0 unspecified atom stereocenters. The Kier molecular flexibility index (Phi) is 5.05. The van der Waals surface area contributed by atoms with E-state index in [2.05, 4.69) is 15.3 Å². The lowest BCUT2D eigenvalue weighted by atomic mass is 10.2. The quantitative estimate of drug-likeness (QED) is 0.541. The van der Waals surface area contributed by atoms with Crippen LogP contribution in [-0.4, -0.2) is 71.8 Å². The number of carbonyl (C=O) groups is 1. The molecule has 2 fully saturated rings. The highest BCUT2D eigenvalue weighted by Gasteiger charge is 2.33. The molecule has 1 atom stereocenters. The van der Waals surface area contributed by atoms with E-state index in [9.17, 15) is 22.8 Å². The zero-order chi connectivity index (χ0) is 20.8. The van der Waals surface area contributed by atoms with E-state index in [0.29, 0.717) is 24.6 Å². The van der Waals surface area contributed by atoms with Gasteiger partial charge < -0.3 is 15.3 Å². The SMILES string of the molecule is C[C@@H](C(=O)NC1CC1)N1CCN(S(=O)(=O)c2ccc3[nH]c(=O)c(=O)[nH]c3c2)CC1. The molecule has 156 valence electrons. The van der Waals surface area contributed by atoms with Crippen LogP contribution in [0.4, 0.5) is 0 Å². The number of amides is 1. The molecule has 2 aromatic rings. The van der Waals surface area contributed by atoms with Crippen LogP contribution in [0.5, 0.6) is 0 Å². The summed E-state index contributed by atoms with van der Waals surface area (Å²) >= 11 is 0. The average molecular weight is 421 g/mol. The maximum Gasteiger partial charge on any atom is 0.314 e. The molecule has 2 aliphatic rings. The number of aromatic nitrogens is 2. The summed E-state index contributed by atoms with van der Waals surface area (Å²) in [5, 5.41) is 2.98. The summed E-state index contributed by atoms with van der Waals surface area (Å²) in [7, 11) is -3.76. The monoisotopic (exact) mass is 421 g/mol. The van der Waals surface area contributed by atoms with E-state index in [1.807, 2.05) is 11.8 Å². The fourth-order valence-corrected chi connectivity index (χ4v) is 4.90. The second kappa shape index (κ2) is 7.39. The highest BCUT2D eigenvalue weighted by atomic mass is 32.2. The number of carbonyl (C=O) groups excluding carboxylic acids is 1. The molecule has 10 nitrogen and oxygen atoms in total. The van der Waals surface area contributed by atoms with Crippen molar-refractivity contribution in [1.82, 2.24) is 24.5 Å². The largest absolute Gasteiger partial charge is 0.352 e. The van der Waals surface area contributed by atoms with Gasteiger partial charge in [-0.25, -0.2) is 8.42 Å². The maximum absolute atomic E-state index is 13.0. The first-order chi connectivity index (χ1) is 13.8. The zero-order valence-corrected chi connectivity index (χ0v) is 16.8. The van der Waals surface area contributed by atoms with Gasteiger partial charge in [0.25, 0.3) is 0 Å². The first-order valence-electron chi connectivity index (χ1n) is 9.56. The Morgan fingerprint density at radius 3 is 2.31 bits per heavy atom. The number of benzene rings is 1. The normalized spacial score (nSPS) is 19.9. The molecule has 0 spiro atoms. The van der Waals surface area contributed by atoms with Gasteiger partial charge in [-0.2, -0.15) is 4.31 Å². The van der Waals surface area contributed by atoms with E-state index < -0.39 is 21.1 Å². The molecule has 1 aromatic carbocycles. The second-order valence-corrected chi connectivity index (χ2v) is 9.45. The van der Waals surface area contributed by atoms with E-state index >= 15 is 0 Å². The number of aromatic amines is 2. The summed E-state index contributed by atoms with van der Waals surface area (Å²) < 4.78 is 27.4. The number of H-pyrrole nitrogens is 2. The number of nitrogens with one attached hydrogen (secondary N) is 3. The molecule has 1 amide bonds. The van der Waals surface area contributed by atoms with Gasteiger partial charge in [0.2, 0.25) is 15.9 Å². The summed E-state index contributed by atoms with van der Waals surface area (Å²) in [6.45, 7) is 3.28. The van der Waals surface area contributed by atoms with Gasteiger partial charge in [-0.1, -0.05) is 0 Å². The number of hydrogen-bond acceptors (Lipinski definition) is 6. The average Bonchev–Trinajstić information content (AvgIpc) is 3.52. The number of sulfonamides is 1. The van der Waals surface area contributed by atoms with Crippen molar-refractivity contribution in [3.05, 3.63) is 38.9 Å². The number of fused-ring (bicyclic) bond motifs is 1. The Hall–Kier alpha value is -2.50. The third-order valence-electron chi connectivity index (χ3n) is 5.46. The summed E-state index contributed by atoms with van der Waals surface area (Å²) in [6.07, 6.45) is 2.05. The number of nitrogens with zero attached hydrogens (tertiary/aromatic N) is 2. The standard InChI is InChI=1S/C18H23N5O5S/c1-11(16(24)19-12-2-3-12)22-6-8-23(9-7-22)29(27,28)13-4-5-14-15(10-13)21-18(26)17(25)20-14/h4-5,10-12H,2-3,6-9H2,1H3,(H,19,24)(H,20,25)(H,21,26)/t11-/m0/s1. The first-order valence-corrected chi connectivity index (χ1v) is 11.0. The molecule has 1 saturated heterocycles. The van der Waals surface area contributed by atoms with Crippen LogP contribution in [-0.2, 0) is 14.8 Å². The predicted octanol–water partition coefficient (Wildman–Crippen LogP) is -0.810. The van der Waals surface area contributed by atoms with Gasteiger partial charge >= 0.3 is 11.1 Å². The van der Waals surface area contributed by atoms with Gasteiger partial charge in [-0.3, -0.25) is 19.3 Å². The van der Waals surface area contributed by atoms with E-state index in [-0.39, 0.29) is 35.5 Å². The van der Waals surface area contributed by atoms with Crippen LogP contribution >= 0.6 is 0 Å². The van der Waals surface area contributed by atoms with Gasteiger partial charge in [-0.05, 0) is 38.0 Å². The number of hydrogen-bond donors (Lipinski definition) is 3. The summed E-state index contributed by atoms with van der Waals surface area (Å²) in [5.41, 5.74) is -1.02. The van der Waals surface area contributed by atoms with Crippen molar-refractivity contribution in [3.63, 3.8) is 0 Å². The van der Waals surface area contributed by atoms with Crippen molar-refractivity contribution in [2.24, 2.45) is 0 Å². The molecule has 2 heterocycles. The Balaban J connectivity index is 1.48. The molecule has 1 aliphatic heterocycles. The molecular formula is C18H23N5O5S. The molecule has 29 heavy (non-hydrogen) atoms. The smallest absolute Gasteiger partial charge is 0.314 e. The van der Waals surface area contributed by atoms with Crippen molar-refractivity contribution in [2.75, 3.05) is 26.2 Å². The predicted molar refractivity (Wildman–Crippen MR) is 106 cm³/mol. The minimum Gasteiger partial charge on any atom is -0.352 e. The number of piperazine rings is 1. The van der Waals surface area contributed by atoms with Gasteiger partial charge in [0.15, 0.2) is 0 Å². The molecule has 11 heteroatoms. The summed E-state index contributed by atoms with van der Waals surface area (Å²) in [5.74, 6) is -0.0173. The minimum atomic E-state index is -3.76. The van der Waals surface area contributed by atoms with Crippen molar-refractivity contribution in [2.45, 2.75) is 36.7 Å². The molecule has 4 rings (SSSR count). The van der Waals surface area contributed by atoms with Crippen LogP contribution in [0.1, 0.15) is 19.8 Å². The van der Waals surface area contributed by atoms with Crippen molar-refractivity contribution >= 4 is 27.0 Å². The number of rotatable bonds is 5. The molecular weight excluding hydrogens is 398 g/mol. The van der Waals surface area contributed by atoms with Crippen molar-refractivity contribution in [3.8, 4) is 0 Å². The van der Waals surface area contributed by atoms with Crippen LogP contribution in [0.15, 0.2) is 32.7 Å². The fourth-order valence-electron chi connectivity index (χ4n) is 3.45. The maximum atomic E-state index is 13.0. The van der Waals surface area contributed by atoms with Gasteiger partial charge in [0.1, 0.15) is 0 Å². The first kappa shape index (κ1) is 19.8. The lowest BCUT2D eigenvalue weighted by Crippen LogP contribution is -2.55. The van der Waals surface area contributed by atoms with Gasteiger partial charge in [0, 0.05) is 32.2 Å². The summed E-state index contributed by atoms with van der Waals surface area (Å²) in [4.78, 5) is 42.0. The van der Waals surface area contributed by atoms with Crippen LogP contribution < -0.4 is 16.4 Å². The minimum absolute atomic E-state index is 0.0173. The van der Waals surface area contributed by atoms with Crippen LogP contribution in [0.3, 0.4) is 0 Å². The van der Waals surface area contributed by atoms with Crippen molar-refractivity contribution < 1.29 is 13.2 Å². The fraction of sp³-hybridized carbons (Fsp3) is 0.500. The van der Waals surface area contributed by atoms with Crippen LogP contribution in [0, 0.1) is 0 Å². The van der Waals surface area contributed by atoms with E-state index in [4.69, 9.17) is 0 Å². The molecule has 1 aliphatic carbocycles. The zero-order valence-electron chi connectivity index (χ0n) is 16.0. The molecule has 1 saturated carbocycles. The van der Waals surface area contributed by atoms with E-state index in [1.54, 1.807) is 0 Å². The topological polar surface area (TPSA) is 135 Å². The van der Waals surface area contributed by atoms with Gasteiger partial charge in [-0.15, -0.1) is 0 Å². The molecule has 0 bridgehead atoms. The Labute approximate surface area is 167 Å². The van der Waals surface area contributed by atoms with Crippen LogP contribution in [0.2, 0.25) is 0 Å². The Morgan fingerprint density at radius 2 is 1.69 bits per heavy atom.